The van der Waals surface area contributed by atoms with Crippen molar-refractivity contribution in [1.82, 2.24) is 0 Å². The fraction of sp³-hybridized carbons (Fsp3) is 0. The second-order valence-corrected chi connectivity index (χ2v) is 5.28. The van der Waals surface area contributed by atoms with E-state index in [9.17, 15) is 19.1 Å². The summed E-state index contributed by atoms with van der Waals surface area (Å²) >= 11 is 6.62. The summed E-state index contributed by atoms with van der Waals surface area (Å²) in [4.78, 5) is 22.6. The van der Waals surface area contributed by atoms with Crippen molar-refractivity contribution >= 4 is 40.8 Å². The van der Waals surface area contributed by atoms with Crippen molar-refractivity contribution in [3.63, 3.8) is 0 Å². The highest BCUT2D eigenvalue weighted by atomic mass is 35.5. The molecular formula is C14H7ClFO3S-. The van der Waals surface area contributed by atoms with E-state index in [0.717, 1.165) is 17.4 Å². The third kappa shape index (κ3) is 3.12. The number of carbonyl (C=O) groups is 2. The third-order valence-corrected chi connectivity index (χ3v) is 3.86. The van der Waals surface area contributed by atoms with Crippen molar-refractivity contribution in [2.24, 2.45) is 0 Å². The van der Waals surface area contributed by atoms with Crippen molar-refractivity contribution in [3.8, 4) is 0 Å². The topological polar surface area (TPSA) is 57.2 Å². The second-order valence-electron chi connectivity index (χ2n) is 3.78. The molecule has 0 N–H and O–H groups in total. The maximum Gasteiger partial charge on any atom is 0.195 e. The van der Waals surface area contributed by atoms with Crippen LogP contribution in [0, 0.1) is 5.82 Å². The molecule has 0 radical (unpaired) electrons. The Morgan fingerprint density at radius 3 is 2.50 bits per heavy atom. The lowest BCUT2D eigenvalue weighted by molar-refractivity contribution is -0.254. The Balaban J connectivity index is 2.22. The minimum absolute atomic E-state index is 0.0364. The number of allylic oxidation sites excluding steroid dienone is 1. The van der Waals surface area contributed by atoms with Gasteiger partial charge in [-0.05, 0) is 36.4 Å². The number of hydrogen-bond donors (Lipinski definition) is 0. The van der Waals surface area contributed by atoms with Gasteiger partial charge in [0.15, 0.2) is 5.78 Å². The summed E-state index contributed by atoms with van der Waals surface area (Å²) in [5, 5.41) is 10.8. The highest BCUT2D eigenvalue weighted by Crippen LogP contribution is 2.22. The standard InChI is InChI=1S/C14H8ClFO3S/c15-9-2-1-3-10(16)8(9)4-5-11(17)12-6-7-13(20-12)14(18)19/h1-7H,(H,18,19)/p-1/b5-4+. The minimum atomic E-state index is -1.34. The van der Waals surface area contributed by atoms with Gasteiger partial charge < -0.3 is 9.90 Å². The van der Waals surface area contributed by atoms with Crippen LogP contribution >= 0.6 is 22.9 Å². The number of ketones is 1. The molecule has 0 fully saturated rings. The summed E-state index contributed by atoms with van der Waals surface area (Å²) in [6.45, 7) is 0. The average Bonchev–Trinajstić information content (AvgIpc) is 2.87. The molecule has 0 aliphatic carbocycles. The first-order valence-electron chi connectivity index (χ1n) is 5.46. The number of carboxylic acids is 1. The first-order valence-corrected chi connectivity index (χ1v) is 6.66. The van der Waals surface area contributed by atoms with Gasteiger partial charge in [-0.2, -0.15) is 0 Å². The van der Waals surface area contributed by atoms with Crippen LogP contribution in [0.2, 0.25) is 5.02 Å². The van der Waals surface area contributed by atoms with Crippen LogP contribution in [0.25, 0.3) is 6.08 Å². The highest BCUT2D eigenvalue weighted by Gasteiger charge is 2.08. The van der Waals surface area contributed by atoms with Gasteiger partial charge >= 0.3 is 0 Å². The quantitative estimate of drug-likeness (QED) is 0.644. The van der Waals surface area contributed by atoms with Crippen LogP contribution in [-0.2, 0) is 0 Å². The molecule has 2 aromatic rings. The molecule has 0 saturated heterocycles. The monoisotopic (exact) mass is 309 g/mol. The number of carboxylic acid groups (broad SMARTS) is 1. The lowest BCUT2D eigenvalue weighted by atomic mass is 10.1. The third-order valence-electron chi connectivity index (χ3n) is 2.45. The fourth-order valence-corrected chi connectivity index (χ4v) is 2.48. The maximum absolute atomic E-state index is 13.5. The molecule has 0 saturated carbocycles. The van der Waals surface area contributed by atoms with Crippen LogP contribution in [0.15, 0.2) is 36.4 Å². The zero-order valence-electron chi connectivity index (χ0n) is 9.93. The van der Waals surface area contributed by atoms with Gasteiger partial charge in [-0.15, -0.1) is 11.3 Å². The molecule has 6 heteroatoms. The van der Waals surface area contributed by atoms with E-state index < -0.39 is 17.6 Å². The summed E-state index contributed by atoms with van der Waals surface area (Å²) in [5.41, 5.74) is 0.110. The maximum atomic E-state index is 13.5. The van der Waals surface area contributed by atoms with E-state index >= 15 is 0 Å². The zero-order valence-corrected chi connectivity index (χ0v) is 11.5. The van der Waals surface area contributed by atoms with Crippen molar-refractivity contribution < 1.29 is 19.1 Å². The van der Waals surface area contributed by atoms with Crippen LogP contribution < -0.4 is 5.11 Å². The van der Waals surface area contributed by atoms with Gasteiger partial charge in [0.05, 0.1) is 20.7 Å². The number of benzene rings is 1. The molecule has 1 aromatic carbocycles. The predicted molar refractivity (Wildman–Crippen MR) is 73.4 cm³/mol. The smallest absolute Gasteiger partial charge is 0.195 e. The molecule has 0 bridgehead atoms. The van der Waals surface area contributed by atoms with Gasteiger partial charge in [0, 0.05) is 5.56 Å². The summed E-state index contributed by atoms with van der Waals surface area (Å²) < 4.78 is 13.5. The van der Waals surface area contributed by atoms with E-state index in [2.05, 4.69) is 0 Å². The van der Waals surface area contributed by atoms with Crippen LogP contribution in [-0.4, -0.2) is 11.8 Å². The number of hydrogen-bond acceptors (Lipinski definition) is 4. The Bertz CT molecular complexity index is 686. The lowest BCUT2D eigenvalue weighted by Crippen LogP contribution is -2.20. The normalized spacial score (nSPS) is 10.9. The molecule has 1 aromatic heterocycles. The van der Waals surface area contributed by atoms with E-state index in [1.54, 1.807) is 0 Å². The van der Waals surface area contributed by atoms with Crippen molar-refractivity contribution in [2.75, 3.05) is 0 Å². The zero-order chi connectivity index (χ0) is 14.7. The largest absolute Gasteiger partial charge is 0.544 e. The Morgan fingerprint density at radius 1 is 1.20 bits per heavy atom. The van der Waals surface area contributed by atoms with Crippen molar-refractivity contribution in [1.29, 1.82) is 0 Å². The van der Waals surface area contributed by atoms with Gasteiger partial charge in [0.25, 0.3) is 0 Å². The number of aromatic carboxylic acids is 1. The Labute approximate surface area is 122 Å². The van der Waals surface area contributed by atoms with Crippen LogP contribution in [0.5, 0.6) is 0 Å². The number of rotatable bonds is 4. The molecule has 0 atom stereocenters. The molecule has 20 heavy (non-hydrogen) atoms. The van der Waals surface area contributed by atoms with Gasteiger partial charge in [0.2, 0.25) is 0 Å². The van der Waals surface area contributed by atoms with Crippen LogP contribution in [0.4, 0.5) is 4.39 Å². The molecular weight excluding hydrogens is 303 g/mol. The minimum Gasteiger partial charge on any atom is -0.544 e. The average molecular weight is 310 g/mol. The number of thiophene rings is 1. The molecule has 0 aliphatic rings. The highest BCUT2D eigenvalue weighted by molar-refractivity contribution is 7.16. The van der Waals surface area contributed by atoms with E-state index in [1.807, 2.05) is 0 Å². The first-order chi connectivity index (χ1) is 9.49. The number of carbonyl (C=O) groups excluding carboxylic acids is 2. The molecule has 0 unspecified atom stereocenters. The van der Waals surface area contributed by atoms with E-state index in [1.165, 1.54) is 36.4 Å². The van der Waals surface area contributed by atoms with Crippen molar-refractivity contribution in [3.05, 3.63) is 62.6 Å². The van der Waals surface area contributed by atoms with Gasteiger partial charge in [0.1, 0.15) is 5.82 Å². The molecule has 0 amide bonds. The SMILES string of the molecule is O=C([O-])c1ccc(C(=O)/C=C/c2c(F)cccc2Cl)s1. The first kappa shape index (κ1) is 14.4. The van der Waals surface area contributed by atoms with E-state index in [-0.39, 0.29) is 20.3 Å². The van der Waals surface area contributed by atoms with Crippen LogP contribution in [0.3, 0.4) is 0 Å². The van der Waals surface area contributed by atoms with E-state index in [0.29, 0.717) is 0 Å². The molecule has 3 nitrogen and oxygen atoms in total. The Kier molecular flexibility index (Phi) is 4.32. The van der Waals surface area contributed by atoms with Gasteiger partial charge in [-0.3, -0.25) is 4.79 Å². The predicted octanol–water partition coefficient (Wildman–Crippen LogP) is 2.80. The Morgan fingerprint density at radius 2 is 1.90 bits per heavy atom. The molecule has 1 heterocycles. The summed E-state index contributed by atoms with van der Waals surface area (Å²) in [6.07, 6.45) is 2.41. The fourth-order valence-electron chi connectivity index (χ4n) is 1.49. The molecule has 0 spiro atoms. The molecule has 2 rings (SSSR count). The van der Waals surface area contributed by atoms with Gasteiger partial charge in [-0.25, -0.2) is 4.39 Å². The second kappa shape index (κ2) is 5.98. The lowest BCUT2D eigenvalue weighted by Gasteiger charge is -1.99. The Hall–Kier alpha value is -1.98. The van der Waals surface area contributed by atoms with Gasteiger partial charge in [-0.1, -0.05) is 17.7 Å². The summed E-state index contributed by atoms with van der Waals surface area (Å²) in [7, 11) is 0. The molecule has 0 aliphatic heterocycles. The summed E-state index contributed by atoms with van der Waals surface area (Å²) in [6, 6.07) is 6.87. The number of halogens is 2. The van der Waals surface area contributed by atoms with E-state index in [4.69, 9.17) is 11.6 Å². The summed E-state index contributed by atoms with van der Waals surface area (Å²) in [5.74, 6) is -2.31. The molecule has 102 valence electrons. The van der Waals surface area contributed by atoms with Crippen LogP contribution in [0.1, 0.15) is 24.9 Å². The van der Waals surface area contributed by atoms with Crippen molar-refractivity contribution in [2.45, 2.75) is 0 Å².